The molecule has 0 aliphatic carbocycles. The van der Waals surface area contributed by atoms with Gasteiger partial charge in [0.25, 0.3) is 0 Å². The zero-order valence-corrected chi connectivity index (χ0v) is 10.2. The van der Waals surface area contributed by atoms with Crippen molar-refractivity contribution in [3.8, 4) is 0 Å². The van der Waals surface area contributed by atoms with Gasteiger partial charge < -0.3 is 4.52 Å². The van der Waals surface area contributed by atoms with Gasteiger partial charge in [0.15, 0.2) is 0 Å². The Bertz CT molecular complexity index is 497. The van der Waals surface area contributed by atoms with Crippen LogP contribution in [0.4, 0.5) is 5.69 Å². The molecule has 1 aromatic carbocycles. The quantitative estimate of drug-likeness (QED) is 0.743. The lowest BCUT2D eigenvalue weighted by Crippen LogP contribution is -1.91. The van der Waals surface area contributed by atoms with Crippen LogP contribution in [-0.4, -0.2) is 5.16 Å². The van der Waals surface area contributed by atoms with Crippen LogP contribution in [0, 0.1) is 13.8 Å². The lowest BCUT2D eigenvalue weighted by Gasteiger charge is -2.03. The molecule has 0 fully saturated rings. The van der Waals surface area contributed by atoms with Crippen molar-refractivity contribution in [2.75, 3.05) is 0 Å². The van der Waals surface area contributed by atoms with Crippen molar-refractivity contribution in [2.24, 2.45) is 10.2 Å². The van der Waals surface area contributed by atoms with Gasteiger partial charge in [-0.15, -0.1) is 0 Å². The zero-order chi connectivity index (χ0) is 12.3. The molecular formula is C13H15N3O. The van der Waals surface area contributed by atoms with E-state index in [0.717, 1.165) is 22.7 Å². The maximum Gasteiger partial charge on any atom is 0.139 e. The Labute approximate surface area is 100 Å². The van der Waals surface area contributed by atoms with E-state index in [2.05, 4.69) is 15.4 Å². The first-order valence-electron chi connectivity index (χ1n) is 5.57. The van der Waals surface area contributed by atoms with Crippen molar-refractivity contribution >= 4 is 5.69 Å². The van der Waals surface area contributed by atoms with Gasteiger partial charge in [-0.2, -0.15) is 10.2 Å². The summed E-state index contributed by atoms with van der Waals surface area (Å²) < 4.78 is 5.12. The second kappa shape index (κ2) is 4.91. The fraction of sp³-hybridized carbons (Fsp3) is 0.308. The Morgan fingerprint density at radius 2 is 1.88 bits per heavy atom. The molecule has 0 bridgehead atoms. The van der Waals surface area contributed by atoms with Gasteiger partial charge in [-0.1, -0.05) is 23.4 Å². The molecule has 0 saturated heterocycles. The highest BCUT2D eigenvalue weighted by molar-refractivity contribution is 5.35. The highest BCUT2D eigenvalue weighted by Gasteiger charge is 2.15. The van der Waals surface area contributed by atoms with Gasteiger partial charge >= 0.3 is 0 Å². The van der Waals surface area contributed by atoms with Crippen molar-refractivity contribution < 1.29 is 4.52 Å². The predicted octanol–water partition coefficient (Wildman–Crippen LogP) is 4.14. The predicted molar refractivity (Wildman–Crippen MR) is 65.4 cm³/mol. The third kappa shape index (κ3) is 2.58. The van der Waals surface area contributed by atoms with Gasteiger partial charge in [0.05, 0.1) is 17.4 Å². The van der Waals surface area contributed by atoms with Crippen LogP contribution >= 0.6 is 0 Å². The Hall–Kier alpha value is -1.97. The molecule has 2 rings (SSSR count). The molecule has 0 radical (unpaired) electrons. The molecule has 1 unspecified atom stereocenters. The van der Waals surface area contributed by atoms with E-state index in [1.54, 1.807) is 0 Å². The molecule has 0 amide bonds. The Morgan fingerprint density at radius 3 is 2.47 bits per heavy atom. The van der Waals surface area contributed by atoms with Crippen molar-refractivity contribution in [3.05, 3.63) is 47.3 Å². The third-order valence-electron chi connectivity index (χ3n) is 2.61. The van der Waals surface area contributed by atoms with E-state index in [9.17, 15) is 0 Å². The second-order valence-electron chi connectivity index (χ2n) is 3.96. The lowest BCUT2D eigenvalue weighted by molar-refractivity contribution is 0.391. The molecule has 4 nitrogen and oxygen atoms in total. The van der Waals surface area contributed by atoms with Crippen LogP contribution in [0.3, 0.4) is 0 Å². The molecule has 88 valence electrons. The topological polar surface area (TPSA) is 50.8 Å². The fourth-order valence-corrected chi connectivity index (χ4v) is 1.79. The number of aromatic nitrogens is 1. The summed E-state index contributed by atoms with van der Waals surface area (Å²) in [5.41, 5.74) is 2.75. The number of hydrogen-bond donors (Lipinski definition) is 0. The molecule has 1 heterocycles. The van der Waals surface area contributed by atoms with Gasteiger partial charge in [0, 0.05) is 5.56 Å². The first-order valence-corrected chi connectivity index (χ1v) is 5.57. The minimum absolute atomic E-state index is 0.0403. The lowest BCUT2D eigenvalue weighted by atomic mass is 10.1. The summed E-state index contributed by atoms with van der Waals surface area (Å²) in [6.07, 6.45) is 0. The van der Waals surface area contributed by atoms with Crippen molar-refractivity contribution in [1.82, 2.24) is 5.16 Å². The maximum absolute atomic E-state index is 5.12. The summed E-state index contributed by atoms with van der Waals surface area (Å²) in [5.74, 6) is 0.807. The summed E-state index contributed by atoms with van der Waals surface area (Å²) >= 11 is 0. The molecule has 4 heteroatoms. The first-order chi connectivity index (χ1) is 8.18. The summed E-state index contributed by atoms with van der Waals surface area (Å²) in [4.78, 5) is 0. The summed E-state index contributed by atoms with van der Waals surface area (Å²) in [6.45, 7) is 5.79. The Morgan fingerprint density at radius 1 is 1.18 bits per heavy atom. The second-order valence-corrected chi connectivity index (χ2v) is 3.96. The average Bonchev–Trinajstić information content (AvgIpc) is 2.67. The molecule has 0 N–H and O–H groups in total. The number of nitrogens with zero attached hydrogens (tertiary/aromatic N) is 3. The molecular weight excluding hydrogens is 214 g/mol. The van der Waals surface area contributed by atoms with Crippen LogP contribution < -0.4 is 0 Å². The zero-order valence-electron chi connectivity index (χ0n) is 10.2. The number of hydrogen-bond acceptors (Lipinski definition) is 4. The maximum atomic E-state index is 5.12. The van der Waals surface area contributed by atoms with Gasteiger partial charge in [0.1, 0.15) is 5.76 Å². The largest absolute Gasteiger partial charge is 0.361 e. The van der Waals surface area contributed by atoms with E-state index in [-0.39, 0.29) is 6.04 Å². The van der Waals surface area contributed by atoms with Crippen molar-refractivity contribution in [3.63, 3.8) is 0 Å². The van der Waals surface area contributed by atoms with E-state index >= 15 is 0 Å². The first kappa shape index (κ1) is 11.5. The average molecular weight is 229 g/mol. The minimum atomic E-state index is -0.0403. The fourth-order valence-electron chi connectivity index (χ4n) is 1.79. The molecule has 0 aliphatic heterocycles. The van der Waals surface area contributed by atoms with E-state index in [1.807, 2.05) is 51.1 Å². The monoisotopic (exact) mass is 229 g/mol. The Kier molecular flexibility index (Phi) is 3.32. The van der Waals surface area contributed by atoms with Gasteiger partial charge in [0.2, 0.25) is 0 Å². The summed E-state index contributed by atoms with van der Waals surface area (Å²) in [6, 6.07) is 9.63. The minimum Gasteiger partial charge on any atom is -0.361 e. The van der Waals surface area contributed by atoms with E-state index in [4.69, 9.17) is 4.52 Å². The third-order valence-corrected chi connectivity index (χ3v) is 2.61. The number of aryl methyl sites for hydroxylation is 2. The van der Waals surface area contributed by atoms with Crippen LogP contribution in [0.2, 0.25) is 0 Å². The number of rotatable bonds is 3. The van der Waals surface area contributed by atoms with Crippen LogP contribution in [-0.2, 0) is 0 Å². The van der Waals surface area contributed by atoms with Crippen molar-refractivity contribution in [1.29, 1.82) is 0 Å². The molecule has 0 spiro atoms. The molecule has 0 saturated carbocycles. The Balaban J connectivity index is 2.17. The molecule has 1 atom stereocenters. The van der Waals surface area contributed by atoms with Crippen LogP contribution in [0.15, 0.2) is 45.1 Å². The smallest absolute Gasteiger partial charge is 0.139 e. The van der Waals surface area contributed by atoms with Gasteiger partial charge in [-0.05, 0) is 32.9 Å². The SMILES string of the molecule is Cc1noc(C)c1C(C)N=Nc1ccccc1. The highest BCUT2D eigenvalue weighted by Crippen LogP contribution is 2.25. The van der Waals surface area contributed by atoms with Crippen LogP contribution in [0.5, 0.6) is 0 Å². The summed E-state index contributed by atoms with van der Waals surface area (Å²) in [5, 5.41) is 12.4. The van der Waals surface area contributed by atoms with Crippen LogP contribution in [0.25, 0.3) is 0 Å². The molecule has 2 aromatic rings. The highest BCUT2D eigenvalue weighted by atomic mass is 16.5. The molecule has 1 aromatic heterocycles. The van der Waals surface area contributed by atoms with Gasteiger partial charge in [-0.25, -0.2) is 0 Å². The number of benzene rings is 1. The van der Waals surface area contributed by atoms with Crippen molar-refractivity contribution in [2.45, 2.75) is 26.8 Å². The van der Waals surface area contributed by atoms with Crippen LogP contribution in [0.1, 0.15) is 30.0 Å². The molecule has 0 aliphatic rings. The van der Waals surface area contributed by atoms with E-state index in [1.165, 1.54) is 0 Å². The number of azo groups is 1. The molecule has 17 heavy (non-hydrogen) atoms. The van der Waals surface area contributed by atoms with Gasteiger partial charge in [-0.3, -0.25) is 0 Å². The standard InChI is InChI=1S/C13H15N3O/c1-9(13-10(2)16-17-11(13)3)14-15-12-7-5-4-6-8-12/h4-9H,1-3H3. The van der Waals surface area contributed by atoms with E-state index in [0.29, 0.717) is 0 Å². The van der Waals surface area contributed by atoms with E-state index < -0.39 is 0 Å². The normalized spacial score (nSPS) is 13.1. The summed E-state index contributed by atoms with van der Waals surface area (Å²) in [7, 11) is 0.